The standard InChI is InChI=1S/C36H46ClN3O7S/c1-39-17-6-4-5-9-31(46-2)28-13-10-25(28)21-40-22-35(16-7-8-24-18-27(37)12-14-29(24)35)23-47-32-15-11-26(19-30(32)40)36(43,20-33(39)41)34(42)38-48(3,44)45/h5,9,11-12,14-15,18-19,25,28,31,43H,4,6-8,10,13,16-17,20-23H2,1-3H3,(H,38,42)/b9-5+/t25-,28+,31-,35-,36+/m0/s1. The highest BCUT2D eigenvalue weighted by molar-refractivity contribution is 7.89. The highest BCUT2D eigenvalue weighted by atomic mass is 35.5. The van der Waals surface area contributed by atoms with Crippen LogP contribution < -0.4 is 14.4 Å². The summed E-state index contributed by atoms with van der Waals surface area (Å²) in [6, 6.07) is 11.1. The van der Waals surface area contributed by atoms with Crippen molar-refractivity contribution in [3.8, 4) is 5.75 Å². The zero-order valence-corrected chi connectivity index (χ0v) is 29.5. The van der Waals surface area contributed by atoms with Gasteiger partial charge in [-0.15, -0.1) is 0 Å². The van der Waals surface area contributed by atoms with E-state index in [1.165, 1.54) is 16.0 Å². The number of anilines is 1. The quantitative estimate of drug-likeness (QED) is 0.454. The number of methoxy groups -OCH3 is 1. The van der Waals surface area contributed by atoms with Crippen molar-refractivity contribution >= 4 is 39.1 Å². The lowest BCUT2D eigenvalue weighted by molar-refractivity contribution is -0.148. The summed E-state index contributed by atoms with van der Waals surface area (Å²) in [5.74, 6) is -0.432. The summed E-state index contributed by atoms with van der Waals surface area (Å²) in [5.41, 5.74) is 0.455. The van der Waals surface area contributed by atoms with Crippen LogP contribution in [0.1, 0.15) is 61.6 Å². The molecule has 12 heteroatoms. The summed E-state index contributed by atoms with van der Waals surface area (Å²) in [6.07, 6.45) is 10.7. The summed E-state index contributed by atoms with van der Waals surface area (Å²) in [4.78, 5) is 30.9. The molecule has 5 atom stereocenters. The maximum absolute atomic E-state index is 13.6. The van der Waals surface area contributed by atoms with Crippen molar-refractivity contribution in [2.75, 3.05) is 51.6 Å². The van der Waals surface area contributed by atoms with Crippen LogP contribution in [0.4, 0.5) is 5.69 Å². The number of amides is 2. The predicted molar refractivity (Wildman–Crippen MR) is 185 cm³/mol. The van der Waals surface area contributed by atoms with E-state index in [2.05, 4.69) is 29.2 Å². The molecule has 2 N–H and O–H groups in total. The van der Waals surface area contributed by atoms with Crippen LogP contribution in [0, 0.1) is 11.8 Å². The van der Waals surface area contributed by atoms with Gasteiger partial charge < -0.3 is 24.4 Å². The summed E-state index contributed by atoms with van der Waals surface area (Å²) < 4.78 is 38.9. The van der Waals surface area contributed by atoms with Gasteiger partial charge in [0.2, 0.25) is 15.9 Å². The highest BCUT2D eigenvalue weighted by Crippen LogP contribution is 2.47. The average molecular weight is 700 g/mol. The van der Waals surface area contributed by atoms with Crippen molar-refractivity contribution in [2.45, 2.75) is 68.5 Å². The molecule has 1 fully saturated rings. The minimum atomic E-state index is -4.04. The predicted octanol–water partition coefficient (Wildman–Crippen LogP) is 4.32. The number of aryl methyl sites for hydroxylation is 1. The Labute approximate surface area is 288 Å². The molecule has 0 aromatic heterocycles. The van der Waals surface area contributed by atoms with Crippen LogP contribution in [0.15, 0.2) is 48.6 Å². The van der Waals surface area contributed by atoms with Crippen LogP contribution in [0.2, 0.25) is 5.02 Å². The lowest BCUT2D eigenvalue weighted by Gasteiger charge is -2.46. The molecule has 10 nitrogen and oxygen atoms in total. The number of aliphatic hydroxyl groups is 1. The molecule has 2 aliphatic carbocycles. The van der Waals surface area contributed by atoms with E-state index in [-0.39, 0.29) is 17.1 Å². The normalized spacial score (nSPS) is 30.2. The van der Waals surface area contributed by atoms with Gasteiger partial charge in [-0.3, -0.25) is 14.3 Å². The van der Waals surface area contributed by atoms with Gasteiger partial charge in [-0.25, -0.2) is 8.42 Å². The minimum absolute atomic E-state index is 0.0379. The first kappa shape index (κ1) is 34.7. The van der Waals surface area contributed by atoms with Gasteiger partial charge >= 0.3 is 0 Å². The average Bonchev–Trinajstić information content (AvgIpc) is 3.17. The van der Waals surface area contributed by atoms with Crippen molar-refractivity contribution in [3.05, 3.63) is 70.3 Å². The Morgan fingerprint density at radius 2 is 1.98 bits per heavy atom. The number of nitrogens with zero attached hydrogens (tertiary/aromatic N) is 2. The first-order valence-electron chi connectivity index (χ1n) is 16.8. The third kappa shape index (κ3) is 6.97. The molecule has 0 unspecified atom stereocenters. The number of fused-ring (bicyclic) bond motifs is 4. The molecule has 48 heavy (non-hydrogen) atoms. The fourth-order valence-corrected chi connectivity index (χ4v) is 8.73. The fraction of sp³-hybridized carbons (Fsp3) is 0.556. The molecule has 6 rings (SSSR count). The SMILES string of the molecule is CO[C@H]1/C=C/CCCN(C)C(=O)C[C@](O)(C(=O)NS(C)(=O)=O)c2ccc3c(c2)N(C[C@@H]2CC[C@H]21)C[C@@]1(CCCc2cc(Cl)ccc21)CO3. The number of benzene rings is 2. The largest absolute Gasteiger partial charge is 0.490 e. The topological polar surface area (TPSA) is 125 Å². The highest BCUT2D eigenvalue weighted by Gasteiger charge is 2.46. The first-order valence-corrected chi connectivity index (χ1v) is 19.1. The molecule has 2 amide bonds. The van der Waals surface area contributed by atoms with Gasteiger partial charge in [0.25, 0.3) is 5.91 Å². The van der Waals surface area contributed by atoms with E-state index in [1.54, 1.807) is 32.4 Å². The molecule has 2 heterocycles. The minimum Gasteiger partial charge on any atom is -0.490 e. The number of allylic oxidation sites excluding steroid dienone is 1. The van der Waals surface area contributed by atoms with Crippen LogP contribution in [-0.2, 0) is 41.8 Å². The molecular formula is C36H46ClN3O7S. The van der Waals surface area contributed by atoms with Crippen LogP contribution in [0.5, 0.6) is 5.75 Å². The zero-order chi connectivity index (χ0) is 34.3. The number of halogens is 1. The molecule has 0 saturated heterocycles. The van der Waals surface area contributed by atoms with E-state index >= 15 is 0 Å². The Hall–Kier alpha value is -3.12. The first-order chi connectivity index (χ1) is 22.8. The number of carbonyl (C=O) groups excluding carboxylic acids is 2. The lowest BCUT2D eigenvalue weighted by atomic mass is 9.68. The maximum Gasteiger partial charge on any atom is 0.270 e. The number of nitrogens with one attached hydrogen (secondary N) is 1. The Morgan fingerprint density at radius 1 is 1.17 bits per heavy atom. The number of rotatable bonds is 3. The zero-order valence-electron chi connectivity index (χ0n) is 27.9. The lowest BCUT2D eigenvalue weighted by Crippen LogP contribution is -2.50. The van der Waals surface area contributed by atoms with Crippen LogP contribution in [0.3, 0.4) is 0 Å². The molecule has 1 spiro atoms. The van der Waals surface area contributed by atoms with E-state index < -0.39 is 33.9 Å². The number of hydrogen-bond acceptors (Lipinski definition) is 8. The van der Waals surface area contributed by atoms with Gasteiger partial charge in [0.15, 0.2) is 5.60 Å². The number of carbonyl (C=O) groups is 2. The van der Waals surface area contributed by atoms with E-state index in [1.807, 2.05) is 10.8 Å². The smallest absolute Gasteiger partial charge is 0.270 e. The molecule has 4 aliphatic rings. The van der Waals surface area contributed by atoms with Crippen LogP contribution >= 0.6 is 11.6 Å². The van der Waals surface area contributed by atoms with Crippen LogP contribution in [0.25, 0.3) is 0 Å². The Balaban J connectivity index is 1.48. The van der Waals surface area contributed by atoms with E-state index in [0.29, 0.717) is 61.0 Å². The Bertz CT molecular complexity index is 1700. The van der Waals surface area contributed by atoms with Crippen molar-refractivity contribution in [2.24, 2.45) is 11.8 Å². The van der Waals surface area contributed by atoms with Crippen molar-refractivity contribution in [3.63, 3.8) is 0 Å². The second-order valence-corrected chi connectivity index (χ2v) is 16.3. The van der Waals surface area contributed by atoms with Gasteiger partial charge in [-0.1, -0.05) is 35.9 Å². The third-order valence-electron chi connectivity index (χ3n) is 10.8. The van der Waals surface area contributed by atoms with Gasteiger partial charge in [0, 0.05) is 44.2 Å². The fourth-order valence-electron chi connectivity index (χ4n) is 8.03. The molecule has 2 aliphatic heterocycles. The molecule has 0 radical (unpaired) electrons. The summed E-state index contributed by atoms with van der Waals surface area (Å²) in [6.45, 7) is 2.16. The van der Waals surface area contributed by atoms with Crippen LogP contribution in [-0.4, -0.2) is 83.0 Å². The van der Waals surface area contributed by atoms with E-state index in [4.69, 9.17) is 21.1 Å². The maximum atomic E-state index is 13.6. The molecule has 260 valence electrons. The Kier molecular flexibility index (Phi) is 9.88. The molecular weight excluding hydrogens is 654 g/mol. The molecule has 2 aromatic rings. The Morgan fingerprint density at radius 3 is 2.71 bits per heavy atom. The van der Waals surface area contributed by atoms with Crippen molar-refractivity contribution < 1.29 is 32.6 Å². The monoisotopic (exact) mass is 699 g/mol. The van der Waals surface area contributed by atoms with Gasteiger partial charge in [-0.2, -0.15) is 0 Å². The van der Waals surface area contributed by atoms with Crippen molar-refractivity contribution in [1.29, 1.82) is 0 Å². The summed E-state index contributed by atoms with van der Waals surface area (Å²) in [5, 5.41) is 12.8. The molecule has 2 aromatic carbocycles. The van der Waals surface area contributed by atoms with Gasteiger partial charge in [0.1, 0.15) is 5.75 Å². The third-order valence-corrected chi connectivity index (χ3v) is 11.6. The number of hydrogen-bond donors (Lipinski definition) is 2. The summed E-state index contributed by atoms with van der Waals surface area (Å²) >= 11 is 6.43. The second-order valence-electron chi connectivity index (χ2n) is 14.1. The second kappa shape index (κ2) is 13.7. The molecule has 2 bridgehead atoms. The van der Waals surface area contributed by atoms with E-state index in [0.717, 1.165) is 44.8 Å². The molecule has 1 saturated carbocycles. The summed E-state index contributed by atoms with van der Waals surface area (Å²) in [7, 11) is -0.669. The number of sulfonamides is 1. The van der Waals surface area contributed by atoms with Gasteiger partial charge in [-0.05, 0) is 97.7 Å². The van der Waals surface area contributed by atoms with Gasteiger partial charge in [0.05, 0.1) is 31.1 Å². The van der Waals surface area contributed by atoms with Crippen molar-refractivity contribution in [1.82, 2.24) is 9.62 Å². The number of ether oxygens (including phenoxy) is 2. The van der Waals surface area contributed by atoms with E-state index in [9.17, 15) is 23.1 Å².